The van der Waals surface area contributed by atoms with Gasteiger partial charge in [0.05, 0.1) is 18.1 Å². The van der Waals surface area contributed by atoms with Gasteiger partial charge in [-0.2, -0.15) is 0 Å². The predicted octanol–water partition coefficient (Wildman–Crippen LogP) is 5.93. The molecule has 2 aromatic heterocycles. The van der Waals surface area contributed by atoms with Gasteiger partial charge >= 0.3 is 0 Å². The number of nitrogens with zero attached hydrogens (tertiary/aromatic N) is 3. The van der Waals surface area contributed by atoms with Crippen LogP contribution in [0.5, 0.6) is 0 Å². The molecule has 0 spiro atoms. The Morgan fingerprint density at radius 1 is 0.818 bits per heavy atom. The fourth-order valence-electron chi connectivity index (χ4n) is 3.99. The van der Waals surface area contributed by atoms with Crippen LogP contribution in [0.4, 0.5) is 5.82 Å². The van der Waals surface area contributed by atoms with Gasteiger partial charge in [0.25, 0.3) is 0 Å². The van der Waals surface area contributed by atoms with Crippen LogP contribution in [-0.2, 0) is 0 Å². The van der Waals surface area contributed by atoms with E-state index in [9.17, 15) is 0 Å². The van der Waals surface area contributed by atoms with Gasteiger partial charge in [-0.3, -0.25) is 4.98 Å². The number of aromatic amines is 1. The Kier molecular flexibility index (Phi) is 5.87. The van der Waals surface area contributed by atoms with E-state index in [2.05, 4.69) is 107 Å². The lowest BCUT2D eigenvalue weighted by molar-refractivity contribution is 0.425. The second-order valence-electron chi connectivity index (χ2n) is 8.43. The highest BCUT2D eigenvalue weighted by Gasteiger charge is 2.10. The molecule has 33 heavy (non-hydrogen) atoms. The molecule has 5 heteroatoms. The number of likely N-dealkylation sites (N-methyl/N-ethyl adjacent to an activating group) is 1. The number of fused-ring (bicyclic) bond motifs is 1. The second-order valence-corrected chi connectivity index (χ2v) is 8.43. The molecule has 0 fully saturated rings. The summed E-state index contributed by atoms with van der Waals surface area (Å²) < 4.78 is 0. The average molecular weight is 434 g/mol. The lowest BCUT2D eigenvalue weighted by Gasteiger charge is -2.11. The first kappa shape index (κ1) is 20.9. The second kappa shape index (κ2) is 9.27. The third-order valence-electron chi connectivity index (χ3n) is 5.78. The van der Waals surface area contributed by atoms with E-state index in [4.69, 9.17) is 4.98 Å². The van der Waals surface area contributed by atoms with Crippen molar-refractivity contribution in [3.05, 3.63) is 91.4 Å². The molecule has 0 radical (unpaired) electrons. The van der Waals surface area contributed by atoms with E-state index in [1.807, 2.05) is 12.3 Å². The quantitative estimate of drug-likeness (QED) is 0.334. The highest BCUT2D eigenvalue weighted by Crippen LogP contribution is 2.33. The van der Waals surface area contributed by atoms with Gasteiger partial charge in [0.2, 0.25) is 0 Å². The van der Waals surface area contributed by atoms with Crippen molar-refractivity contribution in [1.29, 1.82) is 0 Å². The normalized spacial score (nSPS) is 11.2. The van der Waals surface area contributed by atoms with Gasteiger partial charge in [0.15, 0.2) is 0 Å². The summed E-state index contributed by atoms with van der Waals surface area (Å²) in [6.45, 7) is 1.76. The Morgan fingerprint density at radius 2 is 1.55 bits per heavy atom. The third kappa shape index (κ3) is 4.64. The third-order valence-corrected chi connectivity index (χ3v) is 5.78. The molecular weight excluding hydrogens is 406 g/mol. The molecule has 0 saturated carbocycles. The molecule has 0 unspecified atom stereocenters. The highest BCUT2D eigenvalue weighted by molar-refractivity contribution is 5.98. The van der Waals surface area contributed by atoms with Crippen molar-refractivity contribution in [2.45, 2.75) is 0 Å². The van der Waals surface area contributed by atoms with E-state index in [0.29, 0.717) is 0 Å². The molecule has 0 aliphatic carbocycles. The van der Waals surface area contributed by atoms with Gasteiger partial charge in [0, 0.05) is 41.3 Å². The van der Waals surface area contributed by atoms with Gasteiger partial charge in [-0.1, -0.05) is 60.7 Å². The lowest BCUT2D eigenvalue weighted by Crippen LogP contribution is -2.21. The molecule has 2 heterocycles. The number of nitrogens with one attached hydrogen (secondary N) is 2. The van der Waals surface area contributed by atoms with Gasteiger partial charge in [-0.15, -0.1) is 0 Å². The average Bonchev–Trinajstić information content (AvgIpc) is 3.28. The van der Waals surface area contributed by atoms with Crippen LogP contribution in [0.25, 0.3) is 44.4 Å². The number of hydrogen-bond acceptors (Lipinski definition) is 4. The van der Waals surface area contributed by atoms with Crippen molar-refractivity contribution in [3.8, 4) is 33.5 Å². The molecule has 0 aliphatic rings. The first-order chi connectivity index (χ1) is 16.2. The Bertz CT molecular complexity index is 1350. The summed E-state index contributed by atoms with van der Waals surface area (Å²) in [7, 11) is 4.12. The Hall–Kier alpha value is -3.96. The van der Waals surface area contributed by atoms with Crippen LogP contribution in [0.3, 0.4) is 0 Å². The highest BCUT2D eigenvalue weighted by atomic mass is 15.1. The predicted molar refractivity (Wildman–Crippen MR) is 137 cm³/mol. The zero-order valence-corrected chi connectivity index (χ0v) is 18.9. The molecule has 5 nitrogen and oxygen atoms in total. The van der Waals surface area contributed by atoms with Crippen molar-refractivity contribution in [1.82, 2.24) is 19.9 Å². The molecule has 5 rings (SSSR count). The molecule has 0 saturated heterocycles. The minimum atomic E-state index is 0.792. The monoisotopic (exact) mass is 433 g/mol. The van der Waals surface area contributed by atoms with E-state index in [-0.39, 0.29) is 0 Å². The van der Waals surface area contributed by atoms with Crippen LogP contribution in [0.15, 0.2) is 91.4 Å². The molecular formula is C28H27N5. The van der Waals surface area contributed by atoms with Gasteiger partial charge in [-0.05, 0) is 42.9 Å². The topological polar surface area (TPSA) is 56.8 Å². The number of anilines is 1. The minimum absolute atomic E-state index is 0.792. The SMILES string of the molecule is CN(C)CCNc1cncc(-c2ccc3[nH]cc(-c4ccc(-c5ccccc5)cc4)c3c2)n1. The maximum absolute atomic E-state index is 4.78. The number of benzene rings is 3. The van der Waals surface area contributed by atoms with Crippen LogP contribution < -0.4 is 5.32 Å². The molecule has 0 aliphatic heterocycles. The fraction of sp³-hybridized carbons (Fsp3) is 0.143. The summed E-state index contributed by atoms with van der Waals surface area (Å²) in [5.41, 5.74) is 7.82. The Labute approximate surface area is 194 Å². The summed E-state index contributed by atoms with van der Waals surface area (Å²) in [6.07, 6.45) is 5.67. The molecule has 3 aromatic carbocycles. The summed E-state index contributed by atoms with van der Waals surface area (Å²) in [5.74, 6) is 0.792. The Balaban J connectivity index is 1.44. The van der Waals surface area contributed by atoms with Crippen molar-refractivity contribution < 1.29 is 0 Å². The number of rotatable bonds is 7. The lowest BCUT2D eigenvalue weighted by atomic mass is 9.99. The zero-order valence-electron chi connectivity index (χ0n) is 18.9. The summed E-state index contributed by atoms with van der Waals surface area (Å²) in [6, 6.07) is 25.6. The number of H-pyrrole nitrogens is 1. The van der Waals surface area contributed by atoms with Crippen molar-refractivity contribution in [2.24, 2.45) is 0 Å². The molecule has 5 aromatic rings. The Morgan fingerprint density at radius 3 is 2.33 bits per heavy atom. The summed E-state index contributed by atoms with van der Waals surface area (Å²) in [5, 5.41) is 4.53. The summed E-state index contributed by atoms with van der Waals surface area (Å²) >= 11 is 0. The van der Waals surface area contributed by atoms with E-state index >= 15 is 0 Å². The molecule has 2 N–H and O–H groups in total. The van der Waals surface area contributed by atoms with Crippen LogP contribution in [0, 0.1) is 0 Å². The zero-order chi connectivity index (χ0) is 22.6. The fourth-order valence-corrected chi connectivity index (χ4v) is 3.99. The first-order valence-corrected chi connectivity index (χ1v) is 11.2. The van der Waals surface area contributed by atoms with Crippen LogP contribution >= 0.6 is 0 Å². The van der Waals surface area contributed by atoms with E-state index in [1.54, 1.807) is 6.20 Å². The van der Waals surface area contributed by atoms with Gasteiger partial charge < -0.3 is 15.2 Å². The first-order valence-electron chi connectivity index (χ1n) is 11.2. The van der Waals surface area contributed by atoms with Crippen LogP contribution in [-0.4, -0.2) is 47.0 Å². The smallest absolute Gasteiger partial charge is 0.145 e. The largest absolute Gasteiger partial charge is 0.367 e. The van der Waals surface area contributed by atoms with Crippen molar-refractivity contribution in [2.75, 3.05) is 32.5 Å². The number of hydrogen-bond donors (Lipinski definition) is 2. The number of aromatic nitrogens is 3. The molecule has 0 atom stereocenters. The molecule has 0 bridgehead atoms. The summed E-state index contributed by atoms with van der Waals surface area (Å²) in [4.78, 5) is 14.7. The minimum Gasteiger partial charge on any atom is -0.367 e. The van der Waals surface area contributed by atoms with Gasteiger partial charge in [0.1, 0.15) is 5.82 Å². The molecule has 164 valence electrons. The molecule has 0 amide bonds. The maximum atomic E-state index is 4.78. The van der Waals surface area contributed by atoms with Crippen LogP contribution in [0.2, 0.25) is 0 Å². The maximum Gasteiger partial charge on any atom is 0.145 e. The standard InChI is InChI=1S/C28H27N5/c1-33(2)15-14-30-28-19-29-18-27(32-28)23-12-13-26-24(16-23)25(17-31-26)22-10-8-21(9-11-22)20-6-4-3-5-7-20/h3-13,16-19,31H,14-15H2,1-2H3,(H,30,32). The van der Waals surface area contributed by atoms with Gasteiger partial charge in [-0.25, -0.2) is 4.98 Å². The van der Waals surface area contributed by atoms with Crippen molar-refractivity contribution in [3.63, 3.8) is 0 Å². The van der Waals surface area contributed by atoms with E-state index in [0.717, 1.165) is 35.7 Å². The van der Waals surface area contributed by atoms with Crippen LogP contribution in [0.1, 0.15) is 0 Å². The van der Waals surface area contributed by atoms with E-state index < -0.39 is 0 Å². The van der Waals surface area contributed by atoms with Crippen molar-refractivity contribution >= 4 is 16.7 Å². The van der Waals surface area contributed by atoms with E-state index in [1.165, 1.54) is 27.6 Å².